The fraction of sp³-hybridized carbons (Fsp3) is 0.267. The molecule has 110 valence electrons. The molecule has 6 heteroatoms. The van der Waals surface area contributed by atoms with Crippen LogP contribution in [0.4, 0.5) is 0 Å². The number of carbonyl (C=O) groups excluding carboxylic acids is 1. The molecule has 0 aliphatic heterocycles. The van der Waals surface area contributed by atoms with E-state index in [-0.39, 0.29) is 5.69 Å². The number of halogens is 1. The van der Waals surface area contributed by atoms with Gasteiger partial charge in [0.2, 0.25) is 5.88 Å². The second kappa shape index (κ2) is 6.67. The molecule has 0 saturated carbocycles. The van der Waals surface area contributed by atoms with Gasteiger partial charge in [0, 0.05) is 4.47 Å². The molecule has 0 N–H and O–H groups in total. The zero-order valence-electron chi connectivity index (χ0n) is 12.0. The van der Waals surface area contributed by atoms with Gasteiger partial charge in [-0.05, 0) is 29.7 Å². The maximum absolute atomic E-state index is 11.3. The first kappa shape index (κ1) is 15.4. The molecule has 1 aromatic heterocycles. The number of methoxy groups -OCH3 is 1. The summed E-state index contributed by atoms with van der Waals surface area (Å²) in [5.74, 6) is 0.820. The van der Waals surface area contributed by atoms with Gasteiger partial charge in [0.15, 0.2) is 5.69 Å². The first-order valence-corrected chi connectivity index (χ1v) is 7.18. The van der Waals surface area contributed by atoms with Crippen LogP contribution in [0.3, 0.4) is 0 Å². The summed E-state index contributed by atoms with van der Waals surface area (Å²) in [6, 6.07) is 5.78. The number of aromatic nitrogens is 2. The maximum Gasteiger partial charge on any atom is 0.358 e. The van der Waals surface area contributed by atoms with Gasteiger partial charge in [-0.2, -0.15) is 0 Å². The normalized spacial score (nSPS) is 10.5. The van der Waals surface area contributed by atoms with Crippen LogP contribution in [0, 0.1) is 0 Å². The summed E-state index contributed by atoms with van der Waals surface area (Å²) in [4.78, 5) is 19.3. The van der Waals surface area contributed by atoms with Crippen molar-refractivity contribution in [2.45, 2.75) is 19.8 Å². The van der Waals surface area contributed by atoms with Gasteiger partial charge >= 0.3 is 5.97 Å². The van der Waals surface area contributed by atoms with Crippen LogP contribution in [0.25, 0.3) is 0 Å². The fourth-order valence-corrected chi connectivity index (χ4v) is 2.13. The lowest BCUT2D eigenvalue weighted by molar-refractivity contribution is 0.0593. The predicted octanol–water partition coefficient (Wildman–Crippen LogP) is 3.94. The van der Waals surface area contributed by atoms with Gasteiger partial charge in [0.05, 0.1) is 19.5 Å². The van der Waals surface area contributed by atoms with Crippen LogP contribution >= 0.6 is 15.9 Å². The average Bonchev–Trinajstić information content (AvgIpc) is 2.49. The number of rotatable bonds is 4. The lowest BCUT2D eigenvalue weighted by Crippen LogP contribution is -2.05. The van der Waals surface area contributed by atoms with E-state index in [1.54, 1.807) is 0 Å². The highest BCUT2D eigenvalue weighted by Crippen LogP contribution is 2.32. The van der Waals surface area contributed by atoms with E-state index in [1.807, 2.05) is 18.2 Å². The van der Waals surface area contributed by atoms with Crippen molar-refractivity contribution >= 4 is 21.9 Å². The van der Waals surface area contributed by atoms with Gasteiger partial charge in [0.25, 0.3) is 0 Å². The van der Waals surface area contributed by atoms with Gasteiger partial charge in [-0.25, -0.2) is 14.8 Å². The molecule has 0 fully saturated rings. The minimum absolute atomic E-state index is 0.143. The molecule has 0 unspecified atom stereocenters. The molecule has 1 aromatic carbocycles. The Morgan fingerprint density at radius 1 is 1.24 bits per heavy atom. The number of ether oxygens (including phenoxy) is 2. The van der Waals surface area contributed by atoms with Gasteiger partial charge in [-0.15, -0.1) is 0 Å². The molecular weight excluding hydrogens is 336 g/mol. The summed E-state index contributed by atoms with van der Waals surface area (Å²) in [5, 5.41) is 0. The largest absolute Gasteiger partial charge is 0.464 e. The zero-order valence-corrected chi connectivity index (χ0v) is 13.5. The van der Waals surface area contributed by atoms with Crippen molar-refractivity contribution in [2.24, 2.45) is 0 Å². The van der Waals surface area contributed by atoms with Crippen LogP contribution in [-0.2, 0) is 4.74 Å². The third kappa shape index (κ3) is 3.78. The Kier molecular flexibility index (Phi) is 4.90. The van der Waals surface area contributed by atoms with E-state index in [9.17, 15) is 4.79 Å². The van der Waals surface area contributed by atoms with Gasteiger partial charge in [0.1, 0.15) is 5.75 Å². The topological polar surface area (TPSA) is 61.3 Å². The van der Waals surface area contributed by atoms with E-state index in [4.69, 9.17) is 4.74 Å². The summed E-state index contributed by atoms with van der Waals surface area (Å²) in [6.07, 6.45) is 2.73. The highest BCUT2D eigenvalue weighted by atomic mass is 79.9. The molecule has 0 spiro atoms. The van der Waals surface area contributed by atoms with Gasteiger partial charge < -0.3 is 9.47 Å². The molecule has 0 aliphatic rings. The number of esters is 1. The van der Waals surface area contributed by atoms with Crippen LogP contribution in [0.5, 0.6) is 11.6 Å². The molecule has 0 bridgehead atoms. The predicted molar refractivity (Wildman–Crippen MR) is 81.7 cm³/mol. The van der Waals surface area contributed by atoms with Gasteiger partial charge in [-0.1, -0.05) is 29.8 Å². The molecule has 2 aromatic rings. The van der Waals surface area contributed by atoms with Crippen LogP contribution < -0.4 is 4.74 Å². The van der Waals surface area contributed by atoms with Crippen molar-refractivity contribution in [3.63, 3.8) is 0 Å². The molecular formula is C15H15BrN2O3. The summed E-state index contributed by atoms with van der Waals surface area (Å²) >= 11 is 3.45. The fourth-order valence-electron chi connectivity index (χ4n) is 1.75. The molecule has 0 radical (unpaired) electrons. The number of carbonyl (C=O) groups is 1. The second-order valence-electron chi connectivity index (χ2n) is 4.67. The molecule has 0 aliphatic carbocycles. The maximum atomic E-state index is 11.3. The van der Waals surface area contributed by atoms with Crippen molar-refractivity contribution in [3.05, 3.63) is 46.3 Å². The smallest absolute Gasteiger partial charge is 0.358 e. The third-order valence-corrected chi connectivity index (χ3v) is 3.32. The Labute approximate surface area is 131 Å². The van der Waals surface area contributed by atoms with Crippen LogP contribution in [-0.4, -0.2) is 23.0 Å². The summed E-state index contributed by atoms with van der Waals surface area (Å²) in [5.41, 5.74) is 1.20. The minimum atomic E-state index is -0.527. The standard InChI is InChI=1S/C15H15BrN2O3/c1-9(2)11-6-10(16)4-5-13(11)21-14-8-17-12(7-18-14)15(19)20-3/h4-9H,1-3H3. The van der Waals surface area contributed by atoms with Crippen molar-refractivity contribution < 1.29 is 14.3 Å². The Morgan fingerprint density at radius 2 is 2.00 bits per heavy atom. The summed E-state index contributed by atoms with van der Waals surface area (Å²) < 4.78 is 11.3. The second-order valence-corrected chi connectivity index (χ2v) is 5.59. The summed E-state index contributed by atoms with van der Waals surface area (Å²) in [7, 11) is 1.30. The van der Waals surface area contributed by atoms with E-state index in [2.05, 4.69) is 44.5 Å². The molecule has 5 nitrogen and oxygen atoms in total. The van der Waals surface area contributed by atoms with Crippen molar-refractivity contribution in [1.29, 1.82) is 0 Å². The quantitative estimate of drug-likeness (QED) is 0.781. The molecule has 21 heavy (non-hydrogen) atoms. The molecule has 0 saturated heterocycles. The van der Waals surface area contributed by atoms with Crippen molar-refractivity contribution in [3.8, 4) is 11.6 Å². The number of nitrogens with zero attached hydrogens (tertiary/aromatic N) is 2. The summed E-state index contributed by atoms with van der Waals surface area (Å²) in [6.45, 7) is 4.17. The van der Waals surface area contributed by atoms with Gasteiger partial charge in [-0.3, -0.25) is 0 Å². The number of hydrogen-bond donors (Lipinski definition) is 0. The number of hydrogen-bond acceptors (Lipinski definition) is 5. The Hall–Kier alpha value is -1.95. The average molecular weight is 351 g/mol. The van der Waals surface area contributed by atoms with Crippen molar-refractivity contribution in [1.82, 2.24) is 9.97 Å². The van der Waals surface area contributed by atoms with Crippen LogP contribution in [0.1, 0.15) is 35.8 Å². The lowest BCUT2D eigenvalue weighted by Gasteiger charge is -2.13. The van der Waals surface area contributed by atoms with E-state index in [0.29, 0.717) is 17.5 Å². The van der Waals surface area contributed by atoms with E-state index >= 15 is 0 Å². The van der Waals surface area contributed by atoms with Crippen molar-refractivity contribution in [2.75, 3.05) is 7.11 Å². The zero-order chi connectivity index (χ0) is 15.4. The molecule has 0 atom stereocenters. The van der Waals surface area contributed by atoms with Crippen LogP contribution in [0.15, 0.2) is 35.1 Å². The molecule has 1 heterocycles. The molecule has 0 amide bonds. The SMILES string of the molecule is COC(=O)c1cnc(Oc2ccc(Br)cc2C(C)C)cn1. The first-order valence-electron chi connectivity index (χ1n) is 6.39. The van der Waals surface area contributed by atoms with E-state index in [1.165, 1.54) is 19.5 Å². The van der Waals surface area contributed by atoms with E-state index in [0.717, 1.165) is 10.0 Å². The first-order chi connectivity index (χ1) is 10.0. The highest BCUT2D eigenvalue weighted by Gasteiger charge is 2.12. The Morgan fingerprint density at radius 3 is 2.57 bits per heavy atom. The molecule has 2 rings (SSSR count). The monoisotopic (exact) mass is 350 g/mol. The lowest BCUT2D eigenvalue weighted by atomic mass is 10.0. The Balaban J connectivity index is 2.24. The third-order valence-electron chi connectivity index (χ3n) is 2.83. The number of benzene rings is 1. The van der Waals surface area contributed by atoms with E-state index < -0.39 is 5.97 Å². The minimum Gasteiger partial charge on any atom is -0.464 e. The Bertz CT molecular complexity index is 642. The van der Waals surface area contributed by atoms with Crippen LogP contribution in [0.2, 0.25) is 0 Å². The highest BCUT2D eigenvalue weighted by molar-refractivity contribution is 9.10.